The molecule has 0 aliphatic heterocycles. The molecule has 3 rings (SSSR count). The fraction of sp³-hybridized carbons (Fsp3) is 0.316. The van der Waals surface area contributed by atoms with Gasteiger partial charge in [-0.15, -0.1) is 0 Å². The molecule has 0 N–H and O–H groups in total. The van der Waals surface area contributed by atoms with Gasteiger partial charge in [-0.2, -0.15) is 5.10 Å². The average Bonchev–Trinajstić information content (AvgIpc) is 3.05. The molecular formula is C19H22N2O3S. The van der Waals surface area contributed by atoms with Crippen LogP contribution in [0.2, 0.25) is 0 Å². The van der Waals surface area contributed by atoms with Crippen LogP contribution in [0.1, 0.15) is 26.3 Å². The van der Waals surface area contributed by atoms with Crippen molar-refractivity contribution in [3.8, 4) is 11.5 Å². The monoisotopic (exact) mass is 358 g/mol. The highest BCUT2D eigenvalue weighted by molar-refractivity contribution is 7.91. The zero-order valence-electron chi connectivity index (χ0n) is 14.7. The van der Waals surface area contributed by atoms with E-state index in [2.05, 4.69) is 18.1 Å². The van der Waals surface area contributed by atoms with Crippen LogP contribution in [-0.4, -0.2) is 24.0 Å². The zero-order chi connectivity index (χ0) is 18.0. The van der Waals surface area contributed by atoms with Crippen molar-refractivity contribution < 1.29 is 13.2 Å². The number of fused-ring (bicyclic) bond motifs is 1. The number of benzene rings is 2. The first-order valence-electron chi connectivity index (χ1n) is 8.47. The molecule has 1 aromatic heterocycles. The molecule has 0 amide bonds. The van der Waals surface area contributed by atoms with Crippen LogP contribution in [0.5, 0.6) is 11.5 Å². The molecule has 0 spiro atoms. The summed E-state index contributed by atoms with van der Waals surface area (Å²) >= 11 is 0. The summed E-state index contributed by atoms with van der Waals surface area (Å²) < 4.78 is 31.8. The molecule has 0 aliphatic carbocycles. The lowest BCUT2D eigenvalue weighted by molar-refractivity contribution is 0.487. The van der Waals surface area contributed by atoms with E-state index >= 15 is 0 Å². The Morgan fingerprint density at radius 2 is 1.80 bits per heavy atom. The van der Waals surface area contributed by atoms with Crippen molar-refractivity contribution in [2.75, 3.05) is 5.75 Å². The van der Waals surface area contributed by atoms with Crippen LogP contribution < -0.4 is 4.74 Å². The fourth-order valence-electron chi connectivity index (χ4n) is 2.66. The molecule has 0 fully saturated rings. The van der Waals surface area contributed by atoms with Crippen LogP contribution in [0, 0.1) is 0 Å². The Labute approximate surface area is 148 Å². The van der Waals surface area contributed by atoms with Gasteiger partial charge in [-0.05, 0) is 55.3 Å². The van der Waals surface area contributed by atoms with E-state index in [1.165, 1.54) is 0 Å². The molecule has 132 valence electrons. The van der Waals surface area contributed by atoms with Gasteiger partial charge in [0.05, 0.1) is 21.6 Å². The van der Waals surface area contributed by atoms with Crippen LogP contribution in [0.25, 0.3) is 10.9 Å². The third kappa shape index (κ3) is 3.54. The molecule has 2 aromatic carbocycles. The van der Waals surface area contributed by atoms with Crippen molar-refractivity contribution in [3.63, 3.8) is 0 Å². The largest absolute Gasteiger partial charge is 0.457 e. The zero-order valence-corrected chi connectivity index (χ0v) is 15.5. The van der Waals surface area contributed by atoms with Gasteiger partial charge in [0.1, 0.15) is 11.5 Å². The summed E-state index contributed by atoms with van der Waals surface area (Å²) in [5.74, 6) is 1.43. The molecule has 0 aliphatic rings. The Bertz CT molecular complexity index is 989. The molecule has 0 bridgehead atoms. The maximum Gasteiger partial charge on any atom is 0.178 e. The molecular weight excluding hydrogens is 336 g/mol. The maximum absolute atomic E-state index is 11.9. The summed E-state index contributed by atoms with van der Waals surface area (Å²) in [7, 11) is -3.20. The lowest BCUT2D eigenvalue weighted by Crippen LogP contribution is -2.03. The maximum atomic E-state index is 11.9. The van der Waals surface area contributed by atoms with Crippen molar-refractivity contribution in [3.05, 3.63) is 48.2 Å². The highest BCUT2D eigenvalue weighted by Gasteiger charge is 2.13. The van der Waals surface area contributed by atoms with E-state index in [-0.39, 0.29) is 5.75 Å². The quantitative estimate of drug-likeness (QED) is 0.662. The van der Waals surface area contributed by atoms with Crippen molar-refractivity contribution in [2.45, 2.75) is 38.6 Å². The molecule has 25 heavy (non-hydrogen) atoms. The van der Waals surface area contributed by atoms with Crippen molar-refractivity contribution in [1.29, 1.82) is 0 Å². The average molecular weight is 358 g/mol. The van der Waals surface area contributed by atoms with Crippen LogP contribution in [0.4, 0.5) is 0 Å². The number of nitrogens with zero attached hydrogens (tertiary/aromatic N) is 2. The van der Waals surface area contributed by atoms with Gasteiger partial charge in [-0.3, -0.25) is 4.68 Å². The molecule has 0 radical (unpaired) electrons. The Morgan fingerprint density at radius 3 is 2.40 bits per heavy atom. The Morgan fingerprint density at radius 1 is 1.08 bits per heavy atom. The molecule has 6 heteroatoms. The number of hydrogen-bond acceptors (Lipinski definition) is 4. The standard InChI is InChI=1S/C19H22N2O3S/c1-4-14-11-18-17(13-21(5-2)20-18)19(12-14)24-15-7-9-16(10-8-15)25(22,23)6-3/h7-13H,4-6H2,1-3H3. The van der Waals surface area contributed by atoms with E-state index in [9.17, 15) is 8.42 Å². The summed E-state index contributed by atoms with van der Waals surface area (Å²) in [6.07, 6.45) is 2.86. The van der Waals surface area contributed by atoms with E-state index < -0.39 is 9.84 Å². The van der Waals surface area contributed by atoms with Crippen LogP contribution in [0.15, 0.2) is 47.5 Å². The molecule has 5 nitrogen and oxygen atoms in total. The van der Waals surface area contributed by atoms with Gasteiger partial charge in [-0.25, -0.2) is 8.42 Å². The summed E-state index contributed by atoms with van der Waals surface area (Å²) in [6, 6.07) is 10.6. The number of sulfone groups is 1. The van der Waals surface area contributed by atoms with Gasteiger partial charge in [0.2, 0.25) is 0 Å². The van der Waals surface area contributed by atoms with Crippen LogP contribution >= 0.6 is 0 Å². The summed E-state index contributed by atoms with van der Waals surface area (Å²) in [6.45, 7) is 6.56. The molecule has 0 saturated heterocycles. The van der Waals surface area contributed by atoms with Crippen LogP contribution in [-0.2, 0) is 22.8 Å². The first-order chi connectivity index (χ1) is 12.0. The number of ether oxygens (including phenoxy) is 1. The highest BCUT2D eigenvalue weighted by atomic mass is 32.2. The van der Waals surface area contributed by atoms with E-state index in [4.69, 9.17) is 4.74 Å². The molecule has 3 aromatic rings. The summed E-state index contributed by atoms with van der Waals surface area (Å²) in [5.41, 5.74) is 2.05. The third-order valence-corrected chi connectivity index (χ3v) is 5.97. The predicted octanol–water partition coefficient (Wildman–Crippen LogP) is 4.20. The first kappa shape index (κ1) is 17.5. The topological polar surface area (TPSA) is 61.2 Å². The van der Waals surface area contributed by atoms with Gasteiger partial charge in [0.15, 0.2) is 9.84 Å². The lowest BCUT2D eigenvalue weighted by atomic mass is 10.1. The number of hydrogen-bond donors (Lipinski definition) is 0. The second kappa shape index (κ2) is 6.88. The molecule has 0 atom stereocenters. The van der Waals surface area contributed by atoms with Gasteiger partial charge >= 0.3 is 0 Å². The van der Waals surface area contributed by atoms with Gasteiger partial charge < -0.3 is 4.74 Å². The van der Waals surface area contributed by atoms with Gasteiger partial charge in [0.25, 0.3) is 0 Å². The molecule has 1 heterocycles. The second-order valence-electron chi connectivity index (χ2n) is 5.84. The Hall–Kier alpha value is -2.34. The fourth-order valence-corrected chi connectivity index (χ4v) is 3.54. The Balaban J connectivity index is 1.98. The predicted molar refractivity (Wildman–Crippen MR) is 99.0 cm³/mol. The Kier molecular flexibility index (Phi) is 4.81. The minimum atomic E-state index is -3.20. The van der Waals surface area contributed by atoms with E-state index in [0.717, 1.165) is 35.2 Å². The lowest BCUT2D eigenvalue weighted by Gasteiger charge is -2.09. The van der Waals surface area contributed by atoms with E-state index in [0.29, 0.717) is 10.6 Å². The molecule has 0 unspecified atom stereocenters. The van der Waals surface area contributed by atoms with Crippen LogP contribution in [0.3, 0.4) is 0 Å². The minimum absolute atomic E-state index is 0.0859. The minimum Gasteiger partial charge on any atom is -0.457 e. The highest BCUT2D eigenvalue weighted by Crippen LogP contribution is 2.32. The normalized spacial score (nSPS) is 11.8. The number of rotatable bonds is 6. The van der Waals surface area contributed by atoms with Gasteiger partial charge in [0, 0.05) is 12.7 Å². The number of aromatic nitrogens is 2. The SMILES string of the molecule is CCc1cc(Oc2ccc(S(=O)(=O)CC)cc2)c2cn(CC)nc2c1. The van der Waals surface area contributed by atoms with Crippen molar-refractivity contribution in [1.82, 2.24) is 9.78 Å². The van der Waals surface area contributed by atoms with Gasteiger partial charge in [-0.1, -0.05) is 13.8 Å². The molecule has 0 saturated carbocycles. The van der Waals surface area contributed by atoms with Crippen molar-refractivity contribution in [2.24, 2.45) is 0 Å². The first-order valence-corrected chi connectivity index (χ1v) is 10.1. The van der Waals surface area contributed by atoms with E-state index in [1.54, 1.807) is 31.2 Å². The smallest absolute Gasteiger partial charge is 0.178 e. The summed E-state index contributed by atoms with van der Waals surface area (Å²) in [4.78, 5) is 0.314. The third-order valence-electron chi connectivity index (χ3n) is 4.22. The second-order valence-corrected chi connectivity index (χ2v) is 8.12. The number of aryl methyl sites for hydroxylation is 2. The van der Waals surface area contributed by atoms with Crippen molar-refractivity contribution >= 4 is 20.7 Å². The summed E-state index contributed by atoms with van der Waals surface area (Å²) in [5, 5.41) is 5.51. The van der Waals surface area contributed by atoms with E-state index in [1.807, 2.05) is 23.9 Å².